The number of anilines is 1. The van der Waals surface area contributed by atoms with E-state index in [4.69, 9.17) is 4.74 Å². The van der Waals surface area contributed by atoms with Crippen molar-refractivity contribution < 1.29 is 17.9 Å². The summed E-state index contributed by atoms with van der Waals surface area (Å²) < 4.78 is 31.3. The van der Waals surface area contributed by atoms with Crippen LogP contribution in [-0.2, 0) is 10.0 Å². The SMILES string of the molecule is C=CCN(c1ccc(C(=O)N[C@H]2CC(C)(C)Oc3cc(C)ccc32)cc1)S(C)(=O)=O. The number of aryl methyl sites for hydroxylation is 1. The van der Waals surface area contributed by atoms with Gasteiger partial charge in [-0.25, -0.2) is 8.42 Å². The molecule has 30 heavy (non-hydrogen) atoms. The second kappa shape index (κ2) is 8.14. The highest BCUT2D eigenvalue weighted by Crippen LogP contribution is 2.40. The molecule has 6 nitrogen and oxygen atoms in total. The Kier molecular flexibility index (Phi) is 5.94. The Labute approximate surface area is 178 Å². The number of fused-ring (bicyclic) bond motifs is 1. The van der Waals surface area contributed by atoms with E-state index in [1.807, 2.05) is 39.0 Å². The van der Waals surface area contributed by atoms with Gasteiger partial charge in [-0.05, 0) is 56.7 Å². The number of benzene rings is 2. The number of nitrogens with one attached hydrogen (secondary N) is 1. The van der Waals surface area contributed by atoms with Gasteiger partial charge in [-0.3, -0.25) is 9.10 Å². The van der Waals surface area contributed by atoms with Crippen LogP contribution in [0.15, 0.2) is 55.1 Å². The van der Waals surface area contributed by atoms with Crippen LogP contribution in [-0.4, -0.2) is 32.7 Å². The number of hydrogen-bond donors (Lipinski definition) is 1. The standard InChI is InChI=1S/C23H28N2O4S/c1-6-13-25(30(5,27)28)18-10-8-17(9-11-18)22(26)24-20-15-23(3,4)29-21-14-16(2)7-12-19(20)21/h6-12,14,20H,1,13,15H2,2-5H3,(H,24,26)/t20-/m0/s1. The summed E-state index contributed by atoms with van der Waals surface area (Å²) in [6, 6.07) is 12.3. The van der Waals surface area contributed by atoms with Gasteiger partial charge in [0.15, 0.2) is 0 Å². The summed E-state index contributed by atoms with van der Waals surface area (Å²) in [7, 11) is -3.44. The Morgan fingerprint density at radius 2 is 1.93 bits per heavy atom. The van der Waals surface area contributed by atoms with Gasteiger partial charge in [0.1, 0.15) is 11.4 Å². The third-order valence-corrected chi connectivity index (χ3v) is 6.21. The fourth-order valence-corrected chi connectivity index (χ4v) is 4.54. The van der Waals surface area contributed by atoms with Gasteiger partial charge < -0.3 is 10.1 Å². The zero-order chi connectivity index (χ0) is 22.1. The first-order valence-corrected chi connectivity index (χ1v) is 11.6. The summed E-state index contributed by atoms with van der Waals surface area (Å²) in [6.07, 6.45) is 3.31. The Hall–Kier alpha value is -2.80. The lowest BCUT2D eigenvalue weighted by Crippen LogP contribution is -2.41. The molecule has 1 heterocycles. The molecule has 1 amide bonds. The first kappa shape index (κ1) is 21.9. The Bertz CT molecular complexity index is 1060. The Balaban J connectivity index is 1.82. The van der Waals surface area contributed by atoms with Crippen molar-refractivity contribution in [3.05, 3.63) is 71.8 Å². The van der Waals surface area contributed by atoms with Crippen LogP contribution in [0.25, 0.3) is 0 Å². The van der Waals surface area contributed by atoms with Crippen molar-refractivity contribution in [2.45, 2.75) is 38.8 Å². The lowest BCUT2D eigenvalue weighted by molar-refractivity contribution is 0.0619. The molecule has 2 aromatic rings. The summed E-state index contributed by atoms with van der Waals surface area (Å²) in [4.78, 5) is 12.9. The highest BCUT2D eigenvalue weighted by atomic mass is 32.2. The van der Waals surface area contributed by atoms with Crippen LogP contribution in [0.2, 0.25) is 0 Å². The van der Waals surface area contributed by atoms with E-state index < -0.39 is 15.6 Å². The number of amides is 1. The Morgan fingerprint density at radius 3 is 2.53 bits per heavy atom. The minimum absolute atomic E-state index is 0.164. The highest BCUT2D eigenvalue weighted by molar-refractivity contribution is 7.92. The lowest BCUT2D eigenvalue weighted by atomic mass is 9.89. The zero-order valence-corrected chi connectivity index (χ0v) is 18.6. The highest BCUT2D eigenvalue weighted by Gasteiger charge is 2.34. The molecule has 0 aromatic heterocycles. The van der Waals surface area contributed by atoms with E-state index in [2.05, 4.69) is 11.9 Å². The van der Waals surface area contributed by atoms with Gasteiger partial charge in [-0.2, -0.15) is 0 Å². The van der Waals surface area contributed by atoms with E-state index >= 15 is 0 Å². The number of nitrogens with zero attached hydrogens (tertiary/aromatic N) is 1. The molecule has 1 aliphatic rings. The summed E-state index contributed by atoms with van der Waals surface area (Å²) in [5, 5.41) is 3.10. The van der Waals surface area contributed by atoms with E-state index in [1.54, 1.807) is 24.3 Å². The normalized spacial score (nSPS) is 17.4. The quantitative estimate of drug-likeness (QED) is 0.706. The van der Waals surface area contributed by atoms with Crippen LogP contribution in [0.1, 0.15) is 47.8 Å². The van der Waals surface area contributed by atoms with Gasteiger partial charge in [0.25, 0.3) is 5.91 Å². The minimum Gasteiger partial charge on any atom is -0.487 e. The molecule has 0 fully saturated rings. The van der Waals surface area contributed by atoms with Crippen LogP contribution < -0.4 is 14.4 Å². The van der Waals surface area contributed by atoms with E-state index in [1.165, 1.54) is 10.4 Å². The molecule has 0 saturated carbocycles. The number of carbonyl (C=O) groups is 1. The smallest absolute Gasteiger partial charge is 0.251 e. The van der Waals surface area contributed by atoms with Crippen molar-refractivity contribution in [2.24, 2.45) is 0 Å². The fraction of sp³-hybridized carbons (Fsp3) is 0.348. The second-order valence-corrected chi connectivity index (χ2v) is 10.2. The third kappa shape index (κ3) is 4.84. The first-order chi connectivity index (χ1) is 14.0. The van der Waals surface area contributed by atoms with Crippen LogP contribution in [0.3, 0.4) is 0 Å². The third-order valence-electron chi connectivity index (χ3n) is 5.04. The molecule has 160 valence electrons. The average Bonchev–Trinajstić information content (AvgIpc) is 2.64. The number of hydrogen-bond acceptors (Lipinski definition) is 4. The zero-order valence-electron chi connectivity index (χ0n) is 17.8. The predicted molar refractivity (Wildman–Crippen MR) is 120 cm³/mol. The summed E-state index contributed by atoms with van der Waals surface area (Å²) in [6.45, 7) is 9.79. The van der Waals surface area contributed by atoms with E-state index in [9.17, 15) is 13.2 Å². The number of carbonyl (C=O) groups excluding carboxylic acids is 1. The number of rotatable bonds is 6. The molecular formula is C23H28N2O4S. The fourth-order valence-electron chi connectivity index (χ4n) is 3.66. The molecule has 1 atom stereocenters. The molecular weight excluding hydrogens is 400 g/mol. The van der Waals surface area contributed by atoms with Crippen molar-refractivity contribution in [1.29, 1.82) is 0 Å². The van der Waals surface area contributed by atoms with E-state index in [-0.39, 0.29) is 18.5 Å². The van der Waals surface area contributed by atoms with Crippen LogP contribution in [0, 0.1) is 6.92 Å². The van der Waals surface area contributed by atoms with Gasteiger partial charge in [0.2, 0.25) is 10.0 Å². The molecule has 1 aliphatic heterocycles. The van der Waals surface area contributed by atoms with Crippen molar-refractivity contribution >= 4 is 21.6 Å². The van der Waals surface area contributed by atoms with Crippen LogP contribution >= 0.6 is 0 Å². The summed E-state index contributed by atoms with van der Waals surface area (Å²) in [5.41, 5.74) is 2.61. The molecule has 3 rings (SSSR count). The minimum atomic E-state index is -3.44. The molecule has 0 bridgehead atoms. The lowest BCUT2D eigenvalue weighted by Gasteiger charge is -2.38. The van der Waals surface area contributed by atoms with Crippen LogP contribution in [0.5, 0.6) is 5.75 Å². The number of ether oxygens (including phenoxy) is 1. The number of sulfonamides is 1. The maximum absolute atomic E-state index is 12.9. The van der Waals surface area contributed by atoms with Gasteiger partial charge in [0.05, 0.1) is 24.5 Å². The van der Waals surface area contributed by atoms with E-state index in [0.29, 0.717) is 17.7 Å². The van der Waals surface area contributed by atoms with Gasteiger partial charge >= 0.3 is 0 Å². The maximum atomic E-state index is 12.9. The molecule has 0 spiro atoms. The molecule has 7 heteroatoms. The first-order valence-electron chi connectivity index (χ1n) is 9.79. The monoisotopic (exact) mass is 428 g/mol. The molecule has 2 aromatic carbocycles. The van der Waals surface area contributed by atoms with Gasteiger partial charge in [-0.15, -0.1) is 6.58 Å². The van der Waals surface area contributed by atoms with Crippen molar-refractivity contribution in [3.8, 4) is 5.75 Å². The maximum Gasteiger partial charge on any atom is 0.251 e. The van der Waals surface area contributed by atoms with Crippen LogP contribution in [0.4, 0.5) is 5.69 Å². The average molecular weight is 429 g/mol. The van der Waals surface area contributed by atoms with E-state index in [0.717, 1.165) is 23.1 Å². The molecule has 0 aliphatic carbocycles. The van der Waals surface area contributed by atoms with Crippen molar-refractivity contribution in [1.82, 2.24) is 5.32 Å². The molecule has 0 radical (unpaired) electrons. The molecule has 0 unspecified atom stereocenters. The van der Waals surface area contributed by atoms with Gasteiger partial charge in [0, 0.05) is 17.5 Å². The molecule has 1 N–H and O–H groups in total. The predicted octanol–water partition coefficient (Wildman–Crippen LogP) is 3.98. The topological polar surface area (TPSA) is 75.7 Å². The van der Waals surface area contributed by atoms with Crippen molar-refractivity contribution in [3.63, 3.8) is 0 Å². The van der Waals surface area contributed by atoms with Gasteiger partial charge in [-0.1, -0.05) is 18.2 Å². The second-order valence-electron chi connectivity index (χ2n) is 8.26. The molecule has 0 saturated heterocycles. The summed E-state index contributed by atoms with van der Waals surface area (Å²) >= 11 is 0. The largest absolute Gasteiger partial charge is 0.487 e. The Morgan fingerprint density at radius 1 is 1.27 bits per heavy atom. The van der Waals surface area contributed by atoms with Crippen molar-refractivity contribution in [2.75, 3.05) is 17.1 Å². The summed E-state index contributed by atoms with van der Waals surface area (Å²) in [5.74, 6) is 0.575.